The van der Waals surface area contributed by atoms with Gasteiger partial charge in [0, 0.05) is 44.1 Å². The van der Waals surface area contributed by atoms with E-state index >= 15 is 0 Å². The first-order valence-electron chi connectivity index (χ1n) is 6.26. The van der Waals surface area contributed by atoms with Crippen molar-refractivity contribution < 1.29 is 13.3 Å². The molecule has 1 atom stereocenters. The van der Waals surface area contributed by atoms with Crippen LogP contribution in [0.4, 0.5) is 11.4 Å². The molecule has 1 N–H and O–H groups in total. The Kier molecular flexibility index (Phi) is 7.56. The molecule has 1 aliphatic rings. The summed E-state index contributed by atoms with van der Waals surface area (Å²) in [6.45, 7) is 4.00. The molecule has 2 rings (SSSR count). The van der Waals surface area contributed by atoms with Gasteiger partial charge in [-0.15, -0.1) is 24.8 Å². The van der Waals surface area contributed by atoms with Gasteiger partial charge >= 0.3 is 0 Å². The summed E-state index contributed by atoms with van der Waals surface area (Å²) in [5.74, 6) is 0. The quantitative estimate of drug-likeness (QED) is 0.641. The number of nitro benzene ring substituents is 1. The lowest BCUT2D eigenvalue weighted by Gasteiger charge is -2.36. The molecule has 0 radical (unpaired) electrons. The van der Waals surface area contributed by atoms with E-state index in [1.54, 1.807) is 0 Å². The standard InChI is InChI=1S/C12H17N3O4S.2ClH/c1-9-8-13-5-6-14(9)11-7-10(15(16)17)3-4-12(11)20(2,18)19;;/h3-4,7,9,13H,5-6,8H2,1-2H3;2*1H/t9-;;/m0../s1. The minimum absolute atomic E-state index is 0. The normalized spacial score (nSPS) is 18.1. The largest absolute Gasteiger partial charge is 0.365 e. The van der Waals surface area contributed by atoms with E-state index in [0.29, 0.717) is 18.8 Å². The van der Waals surface area contributed by atoms with Crippen LogP contribution in [0.25, 0.3) is 0 Å². The number of nitro groups is 1. The monoisotopic (exact) mass is 371 g/mol. The number of non-ortho nitro benzene ring substituents is 1. The Hall–Kier alpha value is -1.09. The van der Waals surface area contributed by atoms with Crippen molar-refractivity contribution in [2.24, 2.45) is 0 Å². The molecular formula is C12H19Cl2N3O4S. The van der Waals surface area contributed by atoms with Gasteiger partial charge in [0.25, 0.3) is 5.69 Å². The van der Waals surface area contributed by atoms with E-state index < -0.39 is 14.8 Å². The Morgan fingerprint density at radius 3 is 2.50 bits per heavy atom. The molecule has 0 bridgehead atoms. The summed E-state index contributed by atoms with van der Waals surface area (Å²) in [4.78, 5) is 12.4. The number of halogens is 2. The van der Waals surface area contributed by atoms with E-state index in [1.807, 2.05) is 11.8 Å². The van der Waals surface area contributed by atoms with Crippen LogP contribution in [0.2, 0.25) is 0 Å². The highest BCUT2D eigenvalue weighted by Gasteiger charge is 2.26. The zero-order valence-electron chi connectivity index (χ0n) is 12.2. The Bertz CT molecular complexity index is 639. The van der Waals surface area contributed by atoms with Crippen LogP contribution in [0.15, 0.2) is 23.1 Å². The van der Waals surface area contributed by atoms with Crippen molar-refractivity contribution in [2.75, 3.05) is 30.8 Å². The fourth-order valence-electron chi connectivity index (χ4n) is 2.36. The number of nitrogens with zero attached hydrogens (tertiary/aromatic N) is 2. The van der Waals surface area contributed by atoms with Crippen LogP contribution in [0, 0.1) is 10.1 Å². The number of nitrogens with one attached hydrogen (secondary N) is 1. The predicted octanol–water partition coefficient (Wildman–Crippen LogP) is 1.64. The predicted molar refractivity (Wildman–Crippen MR) is 90.4 cm³/mol. The van der Waals surface area contributed by atoms with E-state index in [-0.39, 0.29) is 41.4 Å². The summed E-state index contributed by atoms with van der Waals surface area (Å²) in [6.07, 6.45) is 1.12. The van der Waals surface area contributed by atoms with Crippen LogP contribution in [-0.4, -0.2) is 45.3 Å². The second-order valence-electron chi connectivity index (χ2n) is 4.93. The number of rotatable bonds is 3. The molecule has 22 heavy (non-hydrogen) atoms. The topological polar surface area (TPSA) is 92.5 Å². The summed E-state index contributed by atoms with van der Waals surface area (Å²) in [6, 6.07) is 3.97. The summed E-state index contributed by atoms with van der Waals surface area (Å²) in [7, 11) is -3.43. The molecule has 126 valence electrons. The molecule has 0 aromatic heterocycles. The van der Waals surface area contributed by atoms with Gasteiger partial charge in [0.2, 0.25) is 0 Å². The highest BCUT2D eigenvalue weighted by atomic mass is 35.5. The first-order valence-corrected chi connectivity index (χ1v) is 8.15. The Morgan fingerprint density at radius 2 is 2.00 bits per heavy atom. The molecular weight excluding hydrogens is 353 g/mol. The third-order valence-corrected chi connectivity index (χ3v) is 4.51. The minimum Gasteiger partial charge on any atom is -0.365 e. The number of piperazine rings is 1. The van der Waals surface area contributed by atoms with Crippen LogP contribution < -0.4 is 10.2 Å². The number of anilines is 1. The van der Waals surface area contributed by atoms with Gasteiger partial charge in [-0.05, 0) is 13.0 Å². The second kappa shape index (κ2) is 7.96. The third kappa shape index (κ3) is 4.45. The van der Waals surface area contributed by atoms with Crippen molar-refractivity contribution in [2.45, 2.75) is 17.9 Å². The van der Waals surface area contributed by atoms with Crippen molar-refractivity contribution in [1.82, 2.24) is 5.32 Å². The van der Waals surface area contributed by atoms with E-state index in [2.05, 4.69) is 5.32 Å². The second-order valence-corrected chi connectivity index (χ2v) is 6.91. The van der Waals surface area contributed by atoms with Gasteiger partial charge in [0.15, 0.2) is 9.84 Å². The fourth-order valence-corrected chi connectivity index (χ4v) is 3.23. The van der Waals surface area contributed by atoms with Gasteiger partial charge in [0.1, 0.15) is 0 Å². The smallest absolute Gasteiger partial charge is 0.271 e. The van der Waals surface area contributed by atoms with Crippen molar-refractivity contribution in [3.63, 3.8) is 0 Å². The van der Waals surface area contributed by atoms with E-state index in [4.69, 9.17) is 0 Å². The summed E-state index contributed by atoms with van der Waals surface area (Å²) < 4.78 is 23.7. The van der Waals surface area contributed by atoms with Gasteiger partial charge in [-0.1, -0.05) is 0 Å². The zero-order valence-corrected chi connectivity index (χ0v) is 14.6. The number of benzene rings is 1. The van der Waals surface area contributed by atoms with Crippen LogP contribution >= 0.6 is 24.8 Å². The van der Waals surface area contributed by atoms with Crippen LogP contribution in [0.1, 0.15) is 6.92 Å². The van der Waals surface area contributed by atoms with Gasteiger partial charge < -0.3 is 10.2 Å². The summed E-state index contributed by atoms with van der Waals surface area (Å²) in [5, 5.41) is 14.1. The molecule has 0 unspecified atom stereocenters. The molecule has 1 heterocycles. The number of sulfone groups is 1. The minimum atomic E-state index is -3.43. The lowest BCUT2D eigenvalue weighted by Crippen LogP contribution is -2.50. The van der Waals surface area contributed by atoms with Gasteiger partial charge in [-0.2, -0.15) is 0 Å². The van der Waals surface area contributed by atoms with Gasteiger partial charge in [-0.3, -0.25) is 10.1 Å². The Labute approximate surface area is 142 Å². The maximum Gasteiger partial charge on any atom is 0.271 e. The van der Waals surface area contributed by atoms with E-state index in [1.165, 1.54) is 18.2 Å². The molecule has 1 aliphatic heterocycles. The van der Waals surface area contributed by atoms with Crippen LogP contribution in [-0.2, 0) is 9.84 Å². The maximum atomic E-state index is 11.9. The molecule has 1 fully saturated rings. The first kappa shape index (κ1) is 20.9. The lowest BCUT2D eigenvalue weighted by atomic mass is 10.1. The molecule has 0 spiro atoms. The summed E-state index contributed by atoms with van der Waals surface area (Å²) >= 11 is 0. The average molecular weight is 372 g/mol. The Balaban J connectivity index is 0.00000220. The lowest BCUT2D eigenvalue weighted by molar-refractivity contribution is -0.384. The maximum absolute atomic E-state index is 11.9. The zero-order chi connectivity index (χ0) is 14.9. The van der Waals surface area contributed by atoms with Crippen LogP contribution in [0.5, 0.6) is 0 Å². The van der Waals surface area contributed by atoms with Crippen LogP contribution in [0.3, 0.4) is 0 Å². The average Bonchev–Trinajstić information content (AvgIpc) is 2.37. The molecule has 10 heteroatoms. The van der Waals surface area contributed by atoms with Crippen molar-refractivity contribution in [3.05, 3.63) is 28.3 Å². The van der Waals surface area contributed by atoms with Gasteiger partial charge in [-0.25, -0.2) is 8.42 Å². The van der Waals surface area contributed by atoms with Crippen molar-refractivity contribution in [3.8, 4) is 0 Å². The molecule has 1 saturated heterocycles. The highest BCUT2D eigenvalue weighted by Crippen LogP contribution is 2.31. The third-order valence-electron chi connectivity index (χ3n) is 3.36. The molecule has 7 nitrogen and oxygen atoms in total. The molecule has 0 amide bonds. The fraction of sp³-hybridized carbons (Fsp3) is 0.500. The molecule has 1 aromatic carbocycles. The van der Waals surface area contributed by atoms with Crippen molar-refractivity contribution in [1.29, 1.82) is 0 Å². The van der Waals surface area contributed by atoms with E-state index in [9.17, 15) is 18.5 Å². The molecule has 1 aromatic rings. The SMILES string of the molecule is C[C@H]1CNCCN1c1cc([N+](=O)[O-])ccc1S(C)(=O)=O.Cl.Cl. The highest BCUT2D eigenvalue weighted by molar-refractivity contribution is 7.90. The molecule has 0 saturated carbocycles. The summed E-state index contributed by atoms with van der Waals surface area (Å²) in [5.41, 5.74) is 0.314. The number of hydrogen-bond donors (Lipinski definition) is 1. The first-order chi connectivity index (χ1) is 9.30. The van der Waals surface area contributed by atoms with E-state index in [0.717, 1.165) is 12.8 Å². The van der Waals surface area contributed by atoms with Gasteiger partial charge in [0.05, 0.1) is 15.5 Å². The molecule has 0 aliphatic carbocycles. The Morgan fingerprint density at radius 1 is 1.36 bits per heavy atom. The number of hydrogen-bond acceptors (Lipinski definition) is 6. The van der Waals surface area contributed by atoms with Crippen molar-refractivity contribution >= 4 is 46.0 Å².